The van der Waals surface area contributed by atoms with Gasteiger partial charge in [0.05, 0.1) is 23.1 Å². The molecule has 30 heavy (non-hydrogen) atoms. The molecule has 0 fully saturated rings. The van der Waals surface area contributed by atoms with E-state index >= 15 is 0 Å². The lowest BCUT2D eigenvalue weighted by Gasteiger charge is -2.09. The van der Waals surface area contributed by atoms with Crippen LogP contribution in [0.2, 0.25) is 0 Å². The van der Waals surface area contributed by atoms with Crippen molar-refractivity contribution in [2.45, 2.75) is 0 Å². The molecule has 0 amide bonds. The second-order valence-corrected chi connectivity index (χ2v) is 10.2. The molecule has 0 saturated carbocycles. The number of aromatic nitrogens is 2. The maximum absolute atomic E-state index is 4.71. The van der Waals surface area contributed by atoms with E-state index in [0.717, 1.165) is 43.3 Å². The largest absolute Gasteiger partial charge is 0.172 e. The first-order chi connectivity index (χ1) is 14.9. The van der Waals surface area contributed by atoms with Crippen molar-refractivity contribution in [3.05, 3.63) is 60.7 Å². The van der Waals surface area contributed by atoms with E-state index in [9.17, 15) is 0 Å². The standard InChI is InChI=1S/C22H10N4S4/c1-3-7-13-11(5-1)9-15(27-13)17-19-21(25-29-23-19)18(22-20(17)24-30-26-22)16-10-12-6-2-4-8-14(12)28-16/h1-10H. The normalized spacial score (nSPS) is 12.8. The van der Waals surface area contributed by atoms with Crippen molar-refractivity contribution in [3.8, 4) is 20.9 Å². The van der Waals surface area contributed by atoms with Gasteiger partial charge >= 0.3 is 0 Å². The van der Waals surface area contributed by atoms with Crippen LogP contribution in [-0.2, 0) is 11.4 Å². The van der Waals surface area contributed by atoms with Gasteiger partial charge in [0.25, 0.3) is 0 Å². The molecule has 6 aromatic rings. The van der Waals surface area contributed by atoms with Crippen LogP contribution < -0.4 is 0 Å². The average Bonchev–Trinajstić information content (AvgIpc) is 3.56. The van der Waals surface area contributed by atoms with Gasteiger partial charge in [-0.3, -0.25) is 0 Å². The van der Waals surface area contributed by atoms with Gasteiger partial charge in [0.1, 0.15) is 22.4 Å². The predicted molar refractivity (Wildman–Crippen MR) is 131 cm³/mol. The summed E-state index contributed by atoms with van der Waals surface area (Å²) in [6.45, 7) is 0. The average molecular weight is 459 g/mol. The Morgan fingerprint density at radius 3 is 1.60 bits per heavy atom. The van der Waals surface area contributed by atoms with Crippen molar-refractivity contribution >= 4 is 88.3 Å². The Morgan fingerprint density at radius 1 is 0.600 bits per heavy atom. The Morgan fingerprint density at radius 2 is 1.10 bits per heavy atom. The van der Waals surface area contributed by atoms with Crippen molar-refractivity contribution in [1.29, 1.82) is 0 Å². The van der Waals surface area contributed by atoms with Gasteiger partial charge in [-0.25, -0.2) is 0 Å². The molecule has 4 heterocycles. The third kappa shape index (κ3) is 2.36. The summed E-state index contributed by atoms with van der Waals surface area (Å²) in [6.07, 6.45) is 0. The summed E-state index contributed by atoms with van der Waals surface area (Å²) in [5.74, 6) is 0. The predicted octanol–water partition coefficient (Wildman–Crippen LogP) is 8.18. The zero-order valence-corrected chi connectivity index (χ0v) is 18.5. The molecule has 4 nitrogen and oxygen atoms in total. The Balaban J connectivity index is 1.57. The van der Waals surface area contributed by atoms with E-state index in [-0.39, 0.29) is 0 Å². The molecular formula is C22H10N4S4. The van der Waals surface area contributed by atoms with Gasteiger partial charge < -0.3 is 0 Å². The highest BCUT2D eigenvalue weighted by molar-refractivity contribution is 7.58. The number of hydrogen-bond acceptors (Lipinski definition) is 7. The van der Waals surface area contributed by atoms with Crippen molar-refractivity contribution in [1.82, 2.24) is 8.75 Å². The van der Waals surface area contributed by atoms with Crippen LogP contribution in [0.25, 0.3) is 52.1 Å². The zero-order valence-electron chi connectivity index (χ0n) is 15.2. The molecule has 3 aromatic carbocycles. The van der Waals surface area contributed by atoms with E-state index in [1.165, 1.54) is 43.3 Å². The minimum atomic E-state index is 0.916. The second-order valence-electron chi connectivity index (χ2n) is 6.97. The maximum atomic E-state index is 4.71. The summed E-state index contributed by atoms with van der Waals surface area (Å²) in [6, 6.07) is 21.4. The zero-order chi connectivity index (χ0) is 19.7. The summed E-state index contributed by atoms with van der Waals surface area (Å²) in [7, 11) is 0. The molecule has 0 unspecified atom stereocenters. The number of rotatable bonds is 2. The molecule has 0 radical (unpaired) electrons. The molecule has 142 valence electrons. The van der Waals surface area contributed by atoms with E-state index < -0.39 is 0 Å². The SMILES string of the molecule is c1ccc2sc(-c3c4c(c(-c5cc6ccccc6s5)c5nsnc35)N=S=N4)cc2c1. The first kappa shape index (κ1) is 17.0. The summed E-state index contributed by atoms with van der Waals surface area (Å²) < 4.78 is 21.4. The lowest BCUT2D eigenvalue weighted by atomic mass is 10.0. The van der Waals surface area contributed by atoms with E-state index in [2.05, 4.69) is 60.7 Å². The van der Waals surface area contributed by atoms with Crippen LogP contribution >= 0.6 is 34.4 Å². The maximum Gasteiger partial charge on any atom is 0.116 e. The quantitative estimate of drug-likeness (QED) is 0.262. The number of benzene rings is 3. The van der Waals surface area contributed by atoms with E-state index in [1.54, 1.807) is 22.7 Å². The summed E-state index contributed by atoms with van der Waals surface area (Å²) >= 11 is 6.05. The van der Waals surface area contributed by atoms with E-state index in [0.29, 0.717) is 0 Å². The van der Waals surface area contributed by atoms with Crippen molar-refractivity contribution in [2.75, 3.05) is 0 Å². The molecule has 3 aromatic heterocycles. The highest BCUT2D eigenvalue weighted by Crippen LogP contribution is 2.54. The highest BCUT2D eigenvalue weighted by atomic mass is 32.1. The van der Waals surface area contributed by atoms with Gasteiger partial charge in [0, 0.05) is 30.3 Å². The van der Waals surface area contributed by atoms with Crippen LogP contribution in [0.5, 0.6) is 0 Å². The van der Waals surface area contributed by atoms with Crippen LogP contribution in [0, 0.1) is 0 Å². The van der Waals surface area contributed by atoms with Crippen LogP contribution in [-0.4, -0.2) is 8.75 Å². The molecule has 1 aliphatic rings. The lowest BCUT2D eigenvalue weighted by molar-refractivity contribution is 1.54. The monoisotopic (exact) mass is 458 g/mol. The Kier molecular flexibility index (Phi) is 3.59. The Labute approximate surface area is 186 Å². The third-order valence-corrected chi connectivity index (χ3v) is 8.59. The molecule has 0 spiro atoms. The summed E-state index contributed by atoms with van der Waals surface area (Å²) in [5.41, 5.74) is 5.76. The van der Waals surface area contributed by atoms with Crippen LogP contribution in [0.3, 0.4) is 0 Å². The minimum absolute atomic E-state index is 0.916. The first-order valence-corrected chi connectivity index (χ1v) is 12.3. The number of nitrogens with zero attached hydrogens (tertiary/aromatic N) is 4. The first-order valence-electron chi connectivity index (χ1n) is 9.25. The van der Waals surface area contributed by atoms with Crippen molar-refractivity contribution < 1.29 is 0 Å². The second kappa shape index (κ2) is 6.36. The number of thiophene rings is 2. The highest BCUT2D eigenvalue weighted by Gasteiger charge is 2.27. The summed E-state index contributed by atoms with van der Waals surface area (Å²) in [5, 5.41) is 2.47. The van der Waals surface area contributed by atoms with Crippen LogP contribution in [0.1, 0.15) is 0 Å². The van der Waals surface area contributed by atoms with Crippen molar-refractivity contribution in [3.63, 3.8) is 0 Å². The molecule has 0 bridgehead atoms. The number of hydrogen-bond donors (Lipinski definition) is 0. The van der Waals surface area contributed by atoms with Gasteiger partial charge in [0.2, 0.25) is 0 Å². The van der Waals surface area contributed by atoms with Gasteiger partial charge in [-0.05, 0) is 35.0 Å². The van der Waals surface area contributed by atoms with Crippen molar-refractivity contribution in [2.24, 2.45) is 8.73 Å². The molecule has 0 N–H and O–H groups in total. The van der Waals surface area contributed by atoms with Crippen LogP contribution in [0.4, 0.5) is 11.4 Å². The number of fused-ring (bicyclic) bond motifs is 4. The molecule has 0 aliphatic carbocycles. The molecule has 1 aliphatic heterocycles. The fraction of sp³-hybridized carbons (Fsp3) is 0. The van der Waals surface area contributed by atoms with Gasteiger partial charge in [-0.2, -0.15) is 17.5 Å². The molecule has 8 heteroatoms. The third-order valence-electron chi connectivity index (χ3n) is 5.27. The van der Waals surface area contributed by atoms with Gasteiger partial charge in [-0.1, -0.05) is 36.4 Å². The Hall–Kier alpha value is -2.78. The van der Waals surface area contributed by atoms with Gasteiger partial charge in [0.15, 0.2) is 0 Å². The lowest BCUT2D eigenvalue weighted by Crippen LogP contribution is -1.84. The Bertz CT molecular complexity index is 1510. The molecule has 7 rings (SSSR count). The topological polar surface area (TPSA) is 50.5 Å². The summed E-state index contributed by atoms with van der Waals surface area (Å²) in [4.78, 5) is 2.32. The molecule has 0 atom stereocenters. The van der Waals surface area contributed by atoms with E-state index in [1.807, 2.05) is 0 Å². The minimum Gasteiger partial charge on any atom is -0.172 e. The molecular weight excluding hydrogens is 449 g/mol. The van der Waals surface area contributed by atoms with Crippen LogP contribution in [0.15, 0.2) is 69.4 Å². The fourth-order valence-corrected chi connectivity index (χ4v) is 7.27. The van der Waals surface area contributed by atoms with E-state index in [4.69, 9.17) is 17.5 Å². The smallest absolute Gasteiger partial charge is 0.116 e. The fourth-order valence-electron chi connectivity index (χ4n) is 3.93. The molecule has 0 saturated heterocycles. The van der Waals surface area contributed by atoms with Gasteiger partial charge in [-0.15, -0.1) is 22.7 Å².